The van der Waals surface area contributed by atoms with Crippen LogP contribution in [-0.4, -0.2) is 0 Å². The SMILES string of the molecule is CC(C)(C)c1ccc(N(c2ccc(-c3cccc4c3C(C)(C)c3ccccc3-4)cc2)c2ccc3c(c2)C2(CCCC2)c2ccccc2-3)cc1. The second-order valence-corrected chi connectivity index (χ2v) is 16.1. The largest absolute Gasteiger partial charge is 0.310 e. The molecule has 0 unspecified atom stereocenters. The minimum absolute atomic E-state index is 0.0553. The van der Waals surface area contributed by atoms with E-state index in [4.69, 9.17) is 0 Å². The third kappa shape index (κ3) is 4.51. The van der Waals surface area contributed by atoms with Crippen molar-refractivity contribution in [1.29, 1.82) is 0 Å². The molecule has 1 heteroatoms. The standard InChI is InChI=1S/C48H45N/c1-46(2,3)33-21-25-35(26-22-33)49(36-27-28-40-38-13-7-9-18-43(38)48(44(40)31-36)29-10-11-30-48)34-23-19-32(20-24-34)37-15-12-16-41-39-14-6-8-17-42(39)47(4,5)45(37)41/h6-9,12-28,31H,10-11,29-30H2,1-5H3. The zero-order valence-corrected chi connectivity index (χ0v) is 29.5. The van der Waals surface area contributed by atoms with Crippen molar-refractivity contribution in [2.45, 2.75) is 76.5 Å². The van der Waals surface area contributed by atoms with Crippen LogP contribution in [0.15, 0.2) is 133 Å². The summed E-state index contributed by atoms with van der Waals surface area (Å²) in [5.74, 6) is 0. The van der Waals surface area contributed by atoms with Crippen LogP contribution in [0, 0.1) is 0 Å². The van der Waals surface area contributed by atoms with Gasteiger partial charge in [-0.1, -0.05) is 145 Å². The van der Waals surface area contributed by atoms with Crippen molar-refractivity contribution < 1.29 is 0 Å². The zero-order chi connectivity index (χ0) is 33.5. The predicted octanol–water partition coefficient (Wildman–Crippen LogP) is 13.3. The molecular formula is C48H45N. The number of anilines is 3. The number of fused-ring (bicyclic) bond motifs is 8. The first kappa shape index (κ1) is 30.2. The minimum Gasteiger partial charge on any atom is -0.310 e. The van der Waals surface area contributed by atoms with Gasteiger partial charge in [-0.2, -0.15) is 0 Å². The van der Waals surface area contributed by atoms with Crippen LogP contribution in [0.3, 0.4) is 0 Å². The topological polar surface area (TPSA) is 3.24 Å². The van der Waals surface area contributed by atoms with E-state index in [1.807, 2.05) is 0 Å². The highest BCUT2D eigenvalue weighted by Crippen LogP contribution is 2.58. The lowest BCUT2D eigenvalue weighted by atomic mass is 9.76. The molecule has 0 saturated heterocycles. The lowest BCUT2D eigenvalue weighted by molar-refractivity contribution is 0.550. The van der Waals surface area contributed by atoms with Crippen molar-refractivity contribution in [1.82, 2.24) is 0 Å². The first-order valence-electron chi connectivity index (χ1n) is 18.2. The second kappa shape index (κ2) is 10.8. The van der Waals surface area contributed by atoms with Gasteiger partial charge in [-0.3, -0.25) is 0 Å². The smallest absolute Gasteiger partial charge is 0.0465 e. The number of benzene rings is 6. The fourth-order valence-electron chi connectivity index (χ4n) is 9.54. The predicted molar refractivity (Wildman–Crippen MR) is 208 cm³/mol. The van der Waals surface area contributed by atoms with E-state index in [1.54, 1.807) is 0 Å². The highest BCUT2D eigenvalue weighted by molar-refractivity contribution is 5.90. The molecule has 1 fully saturated rings. The summed E-state index contributed by atoms with van der Waals surface area (Å²) in [5.41, 5.74) is 19.2. The minimum atomic E-state index is -0.0553. The van der Waals surface area contributed by atoms with Gasteiger partial charge in [0, 0.05) is 27.9 Å². The maximum Gasteiger partial charge on any atom is 0.0465 e. The molecule has 0 radical (unpaired) electrons. The molecule has 0 aromatic heterocycles. The Hall–Kier alpha value is -4.88. The fraction of sp³-hybridized carbons (Fsp3) is 0.250. The molecule has 1 nitrogen and oxygen atoms in total. The summed E-state index contributed by atoms with van der Waals surface area (Å²) in [7, 11) is 0. The average molecular weight is 636 g/mol. The van der Waals surface area contributed by atoms with Gasteiger partial charge in [0.1, 0.15) is 0 Å². The highest BCUT2D eigenvalue weighted by Gasteiger charge is 2.45. The van der Waals surface area contributed by atoms with Gasteiger partial charge in [0.25, 0.3) is 0 Å². The van der Waals surface area contributed by atoms with Gasteiger partial charge >= 0.3 is 0 Å². The molecule has 0 N–H and O–H groups in total. The van der Waals surface area contributed by atoms with Gasteiger partial charge in [-0.05, 0) is 116 Å². The lowest BCUT2D eigenvalue weighted by Crippen LogP contribution is -2.21. The van der Waals surface area contributed by atoms with Gasteiger partial charge in [-0.15, -0.1) is 0 Å². The Kier molecular flexibility index (Phi) is 6.66. The molecule has 0 aliphatic heterocycles. The van der Waals surface area contributed by atoms with E-state index in [0.717, 1.165) is 0 Å². The van der Waals surface area contributed by atoms with Gasteiger partial charge in [0.15, 0.2) is 0 Å². The summed E-state index contributed by atoms with van der Waals surface area (Å²) in [6.07, 6.45) is 5.05. The molecule has 3 aliphatic rings. The maximum atomic E-state index is 2.52. The van der Waals surface area contributed by atoms with Crippen molar-refractivity contribution in [3.8, 4) is 33.4 Å². The van der Waals surface area contributed by atoms with E-state index >= 15 is 0 Å². The van der Waals surface area contributed by atoms with E-state index in [1.165, 1.54) is 104 Å². The summed E-state index contributed by atoms with van der Waals surface area (Å²) in [4.78, 5) is 2.47. The number of hydrogen-bond donors (Lipinski definition) is 0. The van der Waals surface area contributed by atoms with Crippen LogP contribution in [0.2, 0.25) is 0 Å². The Balaban J connectivity index is 1.17. The lowest BCUT2D eigenvalue weighted by Gasteiger charge is -2.30. The zero-order valence-electron chi connectivity index (χ0n) is 29.5. The number of rotatable bonds is 4. The molecule has 242 valence electrons. The average Bonchev–Trinajstić information content (AvgIpc) is 3.78. The monoisotopic (exact) mass is 635 g/mol. The van der Waals surface area contributed by atoms with Gasteiger partial charge in [-0.25, -0.2) is 0 Å². The van der Waals surface area contributed by atoms with Crippen molar-refractivity contribution in [2.24, 2.45) is 0 Å². The molecule has 3 aliphatic carbocycles. The van der Waals surface area contributed by atoms with E-state index in [-0.39, 0.29) is 16.2 Å². The summed E-state index contributed by atoms with van der Waals surface area (Å²) < 4.78 is 0. The molecule has 6 aromatic carbocycles. The van der Waals surface area contributed by atoms with Crippen molar-refractivity contribution in [3.63, 3.8) is 0 Å². The summed E-state index contributed by atoms with van der Waals surface area (Å²) in [6, 6.07) is 50.8. The first-order chi connectivity index (χ1) is 23.7. The van der Waals surface area contributed by atoms with Gasteiger partial charge < -0.3 is 4.90 Å². The van der Waals surface area contributed by atoms with E-state index in [0.29, 0.717) is 0 Å². The molecule has 6 aromatic rings. The third-order valence-electron chi connectivity index (χ3n) is 12.0. The molecular weight excluding hydrogens is 591 g/mol. The van der Waals surface area contributed by atoms with E-state index in [2.05, 4.69) is 173 Å². The van der Waals surface area contributed by atoms with E-state index in [9.17, 15) is 0 Å². The fourth-order valence-corrected chi connectivity index (χ4v) is 9.54. The van der Waals surface area contributed by atoms with Crippen LogP contribution >= 0.6 is 0 Å². The molecule has 1 saturated carbocycles. The van der Waals surface area contributed by atoms with Crippen LogP contribution in [0.5, 0.6) is 0 Å². The maximum absolute atomic E-state index is 2.52. The Bertz CT molecular complexity index is 2220. The van der Waals surface area contributed by atoms with E-state index < -0.39 is 0 Å². The molecule has 9 rings (SSSR count). The normalized spacial score (nSPS) is 16.3. The first-order valence-corrected chi connectivity index (χ1v) is 18.2. The van der Waals surface area contributed by atoms with Crippen molar-refractivity contribution in [3.05, 3.63) is 161 Å². The molecule has 0 amide bonds. The van der Waals surface area contributed by atoms with Crippen LogP contribution < -0.4 is 4.90 Å². The Morgan fingerprint density at radius 1 is 0.490 bits per heavy atom. The molecule has 0 atom stereocenters. The van der Waals surface area contributed by atoms with Crippen LogP contribution in [0.4, 0.5) is 17.1 Å². The van der Waals surface area contributed by atoms with Crippen molar-refractivity contribution in [2.75, 3.05) is 4.90 Å². The summed E-state index contributed by atoms with van der Waals surface area (Å²) >= 11 is 0. The number of hydrogen-bond acceptors (Lipinski definition) is 1. The Morgan fingerprint density at radius 3 is 1.69 bits per heavy atom. The quantitative estimate of drug-likeness (QED) is 0.186. The highest BCUT2D eigenvalue weighted by atomic mass is 15.1. The third-order valence-corrected chi connectivity index (χ3v) is 12.0. The van der Waals surface area contributed by atoms with Crippen LogP contribution in [0.1, 0.15) is 88.1 Å². The molecule has 1 spiro atoms. The van der Waals surface area contributed by atoms with Gasteiger partial charge in [0.05, 0.1) is 0 Å². The summed E-state index contributed by atoms with van der Waals surface area (Å²) in [5, 5.41) is 0. The number of nitrogens with zero attached hydrogens (tertiary/aromatic N) is 1. The van der Waals surface area contributed by atoms with Gasteiger partial charge in [0.2, 0.25) is 0 Å². The summed E-state index contributed by atoms with van der Waals surface area (Å²) in [6.45, 7) is 11.6. The van der Waals surface area contributed by atoms with Crippen LogP contribution in [0.25, 0.3) is 33.4 Å². The Labute approximate surface area is 292 Å². The molecule has 0 bridgehead atoms. The molecule has 0 heterocycles. The molecule has 49 heavy (non-hydrogen) atoms. The Morgan fingerprint density at radius 2 is 1.02 bits per heavy atom. The van der Waals surface area contributed by atoms with Crippen LogP contribution in [-0.2, 0) is 16.2 Å². The van der Waals surface area contributed by atoms with Crippen molar-refractivity contribution >= 4 is 17.1 Å². The second-order valence-electron chi connectivity index (χ2n) is 16.1.